The summed E-state index contributed by atoms with van der Waals surface area (Å²) < 4.78 is 5.32. The van der Waals surface area contributed by atoms with Crippen molar-refractivity contribution in [2.45, 2.75) is 70.8 Å². The molecule has 0 amide bonds. The summed E-state index contributed by atoms with van der Waals surface area (Å²) in [6.45, 7) is 5.76. The van der Waals surface area contributed by atoms with E-state index in [0.29, 0.717) is 0 Å². The Hall–Kier alpha value is -1.16. The van der Waals surface area contributed by atoms with E-state index in [1.165, 1.54) is 25.7 Å². The van der Waals surface area contributed by atoms with Gasteiger partial charge in [-0.1, -0.05) is 31.8 Å². The van der Waals surface area contributed by atoms with Crippen LogP contribution in [-0.2, 0) is 16.0 Å². The third kappa shape index (κ3) is 5.24. The highest BCUT2D eigenvalue weighted by Gasteiger charge is 2.41. The number of aryl methyl sites for hydroxylation is 2. The number of esters is 1. The highest BCUT2D eigenvalue weighted by atomic mass is 32.1. The SMILES string of the molecule is C=CCCCCCCCC1C(=O)OC1CCc1csc(C)n1. The second-order valence-corrected chi connectivity index (χ2v) is 7.17. The summed E-state index contributed by atoms with van der Waals surface area (Å²) in [6, 6.07) is 0. The zero-order valence-electron chi connectivity index (χ0n) is 13.6. The van der Waals surface area contributed by atoms with Crippen LogP contribution < -0.4 is 0 Å². The molecule has 0 saturated carbocycles. The van der Waals surface area contributed by atoms with E-state index >= 15 is 0 Å². The molecular formula is C18H27NO2S. The number of thiazole rings is 1. The number of hydrogen-bond acceptors (Lipinski definition) is 4. The average molecular weight is 321 g/mol. The Bertz CT molecular complexity index is 483. The molecule has 22 heavy (non-hydrogen) atoms. The maximum atomic E-state index is 11.6. The molecule has 0 N–H and O–H groups in total. The van der Waals surface area contributed by atoms with Crippen molar-refractivity contribution in [1.82, 2.24) is 4.98 Å². The van der Waals surface area contributed by atoms with Crippen molar-refractivity contribution in [3.63, 3.8) is 0 Å². The van der Waals surface area contributed by atoms with Crippen molar-refractivity contribution in [2.75, 3.05) is 0 Å². The van der Waals surface area contributed by atoms with Crippen molar-refractivity contribution < 1.29 is 9.53 Å². The molecule has 1 aliphatic heterocycles. The molecule has 3 nitrogen and oxygen atoms in total. The Morgan fingerprint density at radius 1 is 1.27 bits per heavy atom. The quantitative estimate of drug-likeness (QED) is 0.332. The van der Waals surface area contributed by atoms with Crippen LogP contribution in [0.5, 0.6) is 0 Å². The Morgan fingerprint density at radius 3 is 2.73 bits per heavy atom. The number of rotatable bonds is 11. The van der Waals surface area contributed by atoms with Crippen LogP contribution in [0.15, 0.2) is 18.0 Å². The second-order valence-electron chi connectivity index (χ2n) is 6.11. The van der Waals surface area contributed by atoms with Crippen molar-refractivity contribution >= 4 is 17.3 Å². The van der Waals surface area contributed by atoms with Gasteiger partial charge in [0.25, 0.3) is 0 Å². The summed E-state index contributed by atoms with van der Waals surface area (Å²) in [5.41, 5.74) is 1.13. The molecule has 2 unspecified atom stereocenters. The van der Waals surface area contributed by atoms with Gasteiger partial charge in [-0.2, -0.15) is 0 Å². The third-order valence-electron chi connectivity index (χ3n) is 4.29. The summed E-state index contributed by atoms with van der Waals surface area (Å²) in [6.07, 6.45) is 12.2. The number of nitrogens with zero attached hydrogens (tertiary/aromatic N) is 1. The molecule has 2 rings (SSSR count). The molecule has 1 aromatic heterocycles. The predicted octanol–water partition coefficient (Wildman–Crippen LogP) is 4.84. The predicted molar refractivity (Wildman–Crippen MR) is 91.1 cm³/mol. The first-order valence-corrected chi connectivity index (χ1v) is 9.31. The number of cyclic esters (lactones) is 1. The van der Waals surface area contributed by atoms with Gasteiger partial charge in [0.05, 0.1) is 16.6 Å². The van der Waals surface area contributed by atoms with E-state index in [1.54, 1.807) is 11.3 Å². The topological polar surface area (TPSA) is 39.2 Å². The molecule has 0 spiro atoms. The number of carbonyl (C=O) groups is 1. The lowest BCUT2D eigenvalue weighted by Gasteiger charge is -2.35. The fourth-order valence-electron chi connectivity index (χ4n) is 2.96. The largest absolute Gasteiger partial charge is 0.461 e. The monoisotopic (exact) mass is 321 g/mol. The van der Waals surface area contributed by atoms with E-state index in [-0.39, 0.29) is 18.0 Å². The molecule has 1 aliphatic rings. The highest BCUT2D eigenvalue weighted by Crippen LogP contribution is 2.31. The van der Waals surface area contributed by atoms with Crippen LogP contribution in [0.25, 0.3) is 0 Å². The first kappa shape index (κ1) is 17.2. The van der Waals surface area contributed by atoms with E-state index in [4.69, 9.17) is 4.74 Å². The van der Waals surface area contributed by atoms with Gasteiger partial charge in [0.15, 0.2) is 0 Å². The number of unbranched alkanes of at least 4 members (excludes halogenated alkanes) is 5. The van der Waals surface area contributed by atoms with E-state index in [2.05, 4.69) is 16.9 Å². The minimum atomic E-state index is 0.00566. The lowest BCUT2D eigenvalue weighted by Crippen LogP contribution is -2.45. The minimum absolute atomic E-state index is 0.00566. The molecule has 0 radical (unpaired) electrons. The Kier molecular flexibility index (Phi) is 7.10. The zero-order valence-corrected chi connectivity index (χ0v) is 14.4. The molecule has 2 atom stereocenters. The summed E-state index contributed by atoms with van der Waals surface area (Å²) in [7, 11) is 0. The Labute approximate surface area is 137 Å². The zero-order chi connectivity index (χ0) is 15.8. The molecular weight excluding hydrogens is 294 g/mol. The highest BCUT2D eigenvalue weighted by molar-refractivity contribution is 7.09. The molecule has 4 heteroatoms. The number of aromatic nitrogens is 1. The lowest BCUT2D eigenvalue weighted by atomic mass is 9.87. The third-order valence-corrected chi connectivity index (χ3v) is 5.12. The molecule has 0 aromatic carbocycles. The second kappa shape index (κ2) is 9.09. The van der Waals surface area contributed by atoms with Crippen LogP contribution in [-0.4, -0.2) is 17.1 Å². The van der Waals surface area contributed by atoms with Gasteiger partial charge in [0.2, 0.25) is 0 Å². The van der Waals surface area contributed by atoms with Crippen molar-refractivity contribution in [1.29, 1.82) is 0 Å². The molecule has 1 aromatic rings. The Morgan fingerprint density at radius 2 is 2.05 bits per heavy atom. The normalized spacial score (nSPS) is 20.5. The fraction of sp³-hybridized carbons (Fsp3) is 0.667. The van der Waals surface area contributed by atoms with Gasteiger partial charge >= 0.3 is 5.97 Å². The number of carbonyl (C=O) groups excluding carboxylic acids is 1. The number of allylic oxidation sites excluding steroid dienone is 1. The first-order valence-electron chi connectivity index (χ1n) is 8.43. The van der Waals surface area contributed by atoms with Crippen LogP contribution in [0.4, 0.5) is 0 Å². The van der Waals surface area contributed by atoms with Crippen LogP contribution in [0.1, 0.15) is 62.1 Å². The standard InChI is InChI=1S/C18H27NO2S/c1-3-4-5-6-7-8-9-10-16-17(21-18(16)20)12-11-15-13-22-14(2)19-15/h3,13,16-17H,1,4-12H2,2H3. The molecule has 0 aliphatic carbocycles. The maximum Gasteiger partial charge on any atom is 0.313 e. The van der Waals surface area contributed by atoms with Gasteiger partial charge in [-0.05, 0) is 39.0 Å². The minimum Gasteiger partial charge on any atom is -0.461 e. The van der Waals surface area contributed by atoms with Gasteiger partial charge in [-0.25, -0.2) is 4.98 Å². The summed E-state index contributed by atoms with van der Waals surface area (Å²) in [5, 5.41) is 3.21. The summed E-state index contributed by atoms with van der Waals surface area (Å²) in [5.74, 6) is 0.138. The number of ether oxygens (including phenoxy) is 1. The van der Waals surface area contributed by atoms with E-state index < -0.39 is 0 Å². The van der Waals surface area contributed by atoms with Gasteiger partial charge in [0, 0.05) is 5.38 Å². The van der Waals surface area contributed by atoms with Gasteiger partial charge in [0.1, 0.15) is 6.10 Å². The van der Waals surface area contributed by atoms with Crippen molar-refractivity contribution in [3.8, 4) is 0 Å². The summed E-state index contributed by atoms with van der Waals surface area (Å²) >= 11 is 1.68. The smallest absolute Gasteiger partial charge is 0.313 e. The molecule has 1 fully saturated rings. The molecule has 1 saturated heterocycles. The molecule has 122 valence electrons. The lowest BCUT2D eigenvalue weighted by molar-refractivity contribution is -0.185. The van der Waals surface area contributed by atoms with Crippen LogP contribution in [0, 0.1) is 12.8 Å². The molecule has 0 bridgehead atoms. The van der Waals surface area contributed by atoms with Crippen LogP contribution in [0.3, 0.4) is 0 Å². The van der Waals surface area contributed by atoms with E-state index in [0.717, 1.165) is 42.8 Å². The first-order chi connectivity index (χ1) is 10.7. The van der Waals surface area contributed by atoms with Crippen molar-refractivity contribution in [3.05, 3.63) is 28.7 Å². The van der Waals surface area contributed by atoms with Gasteiger partial charge < -0.3 is 4.74 Å². The van der Waals surface area contributed by atoms with Gasteiger partial charge in [-0.3, -0.25) is 4.79 Å². The fourth-order valence-corrected chi connectivity index (χ4v) is 3.61. The van der Waals surface area contributed by atoms with Gasteiger partial charge in [-0.15, -0.1) is 17.9 Å². The maximum absolute atomic E-state index is 11.6. The molecule has 2 heterocycles. The van der Waals surface area contributed by atoms with Crippen molar-refractivity contribution in [2.24, 2.45) is 5.92 Å². The van der Waals surface area contributed by atoms with E-state index in [1.807, 2.05) is 13.0 Å². The van der Waals surface area contributed by atoms with E-state index in [9.17, 15) is 4.79 Å². The Balaban J connectivity index is 1.58. The number of hydrogen-bond donors (Lipinski definition) is 0. The van der Waals surface area contributed by atoms with Crippen LogP contribution in [0.2, 0.25) is 0 Å². The summed E-state index contributed by atoms with van der Waals surface area (Å²) in [4.78, 5) is 16.1. The van der Waals surface area contributed by atoms with Crippen LogP contribution >= 0.6 is 11.3 Å². The average Bonchev–Trinajstić information content (AvgIpc) is 2.91.